The van der Waals surface area contributed by atoms with Gasteiger partial charge in [-0.3, -0.25) is 4.48 Å². The van der Waals surface area contributed by atoms with E-state index in [1.807, 2.05) is 0 Å². The predicted octanol–water partition coefficient (Wildman–Crippen LogP) is 1.05. The van der Waals surface area contributed by atoms with Crippen LogP contribution in [0.3, 0.4) is 0 Å². The summed E-state index contributed by atoms with van der Waals surface area (Å²) in [5, 5.41) is 0. The van der Waals surface area contributed by atoms with Crippen molar-refractivity contribution >= 4 is 0 Å². The minimum absolute atomic E-state index is 0.737. The van der Waals surface area contributed by atoms with E-state index in [9.17, 15) is 0 Å². The van der Waals surface area contributed by atoms with Gasteiger partial charge in [0.1, 0.15) is 0 Å². The standard InChI is InChI=1S/C8H20NO2/c1-5-9(6-2,7-10-3)8-11-4/h5-8H2,1-4H3/q+1. The van der Waals surface area contributed by atoms with E-state index in [-0.39, 0.29) is 0 Å². The third-order valence-corrected chi connectivity index (χ3v) is 2.15. The van der Waals surface area contributed by atoms with E-state index in [0.29, 0.717) is 0 Å². The fourth-order valence-corrected chi connectivity index (χ4v) is 1.17. The highest BCUT2D eigenvalue weighted by Crippen LogP contribution is 2.05. The summed E-state index contributed by atoms with van der Waals surface area (Å²) in [5.74, 6) is 0. The molecule has 0 aliphatic rings. The lowest BCUT2D eigenvalue weighted by atomic mass is 10.4. The van der Waals surface area contributed by atoms with Crippen LogP contribution in [0.2, 0.25) is 0 Å². The van der Waals surface area contributed by atoms with E-state index in [2.05, 4.69) is 13.8 Å². The number of rotatable bonds is 6. The summed E-state index contributed by atoms with van der Waals surface area (Å²) in [7, 11) is 3.46. The molecule has 0 aromatic rings. The molecule has 0 aliphatic carbocycles. The molecule has 11 heavy (non-hydrogen) atoms. The second-order valence-corrected chi connectivity index (χ2v) is 2.81. The summed E-state index contributed by atoms with van der Waals surface area (Å²) in [6.45, 7) is 7.89. The van der Waals surface area contributed by atoms with Gasteiger partial charge >= 0.3 is 0 Å². The summed E-state index contributed by atoms with van der Waals surface area (Å²) in [6.07, 6.45) is 0. The van der Waals surface area contributed by atoms with Crippen molar-refractivity contribution in [2.75, 3.05) is 40.8 Å². The molecule has 0 bridgehead atoms. The lowest BCUT2D eigenvalue weighted by Gasteiger charge is -2.34. The van der Waals surface area contributed by atoms with Crippen LogP contribution >= 0.6 is 0 Å². The van der Waals surface area contributed by atoms with Gasteiger partial charge in [0.25, 0.3) is 0 Å². The van der Waals surface area contributed by atoms with Gasteiger partial charge in [-0.1, -0.05) is 0 Å². The molecular weight excluding hydrogens is 142 g/mol. The molecular formula is C8H20NO2+. The lowest BCUT2D eigenvalue weighted by Crippen LogP contribution is -2.50. The van der Waals surface area contributed by atoms with Gasteiger partial charge in [0.2, 0.25) is 0 Å². The molecule has 0 saturated heterocycles. The number of hydrogen-bond donors (Lipinski definition) is 0. The summed E-state index contributed by atoms with van der Waals surface area (Å²) in [5.41, 5.74) is 0. The summed E-state index contributed by atoms with van der Waals surface area (Å²) in [6, 6.07) is 0. The van der Waals surface area contributed by atoms with E-state index in [0.717, 1.165) is 31.0 Å². The van der Waals surface area contributed by atoms with E-state index in [1.54, 1.807) is 14.2 Å². The Bertz CT molecular complexity index is 84.1. The molecule has 0 spiro atoms. The molecule has 0 amide bonds. The molecule has 0 fully saturated rings. The van der Waals surface area contributed by atoms with Gasteiger partial charge in [-0.2, -0.15) is 0 Å². The first kappa shape index (κ1) is 10.9. The Hall–Kier alpha value is -0.120. The minimum Gasteiger partial charge on any atom is -0.335 e. The Labute approximate surface area is 69.5 Å². The van der Waals surface area contributed by atoms with Gasteiger partial charge in [0.15, 0.2) is 13.5 Å². The molecule has 0 saturated carbocycles. The van der Waals surface area contributed by atoms with Crippen molar-refractivity contribution in [1.82, 2.24) is 0 Å². The second-order valence-electron chi connectivity index (χ2n) is 2.81. The fraction of sp³-hybridized carbons (Fsp3) is 1.00. The molecule has 0 heterocycles. The van der Waals surface area contributed by atoms with Gasteiger partial charge in [-0.05, 0) is 13.8 Å². The molecule has 0 aliphatic heterocycles. The molecule has 0 unspecified atom stereocenters. The van der Waals surface area contributed by atoms with Gasteiger partial charge in [0.05, 0.1) is 13.1 Å². The van der Waals surface area contributed by atoms with E-state index < -0.39 is 0 Å². The monoisotopic (exact) mass is 162 g/mol. The second kappa shape index (κ2) is 5.52. The smallest absolute Gasteiger partial charge is 0.184 e. The van der Waals surface area contributed by atoms with Crippen LogP contribution < -0.4 is 0 Å². The summed E-state index contributed by atoms with van der Waals surface area (Å²) < 4.78 is 11.1. The molecule has 3 nitrogen and oxygen atoms in total. The zero-order chi connectivity index (χ0) is 8.74. The van der Waals surface area contributed by atoms with Crippen molar-refractivity contribution in [3.63, 3.8) is 0 Å². The van der Waals surface area contributed by atoms with E-state index >= 15 is 0 Å². The highest BCUT2D eigenvalue weighted by atomic mass is 16.5. The van der Waals surface area contributed by atoms with E-state index in [4.69, 9.17) is 9.47 Å². The number of ether oxygens (including phenoxy) is 2. The van der Waals surface area contributed by atoms with Crippen molar-refractivity contribution < 1.29 is 14.0 Å². The highest BCUT2D eigenvalue weighted by molar-refractivity contribution is 4.26. The van der Waals surface area contributed by atoms with Crippen molar-refractivity contribution in [3.05, 3.63) is 0 Å². The third-order valence-electron chi connectivity index (χ3n) is 2.15. The Morgan fingerprint density at radius 3 is 1.45 bits per heavy atom. The Kier molecular flexibility index (Phi) is 5.46. The molecule has 0 aromatic carbocycles. The van der Waals surface area contributed by atoms with Crippen molar-refractivity contribution in [2.24, 2.45) is 0 Å². The summed E-state index contributed by atoms with van der Waals surface area (Å²) in [4.78, 5) is 0. The number of quaternary nitrogens is 1. The largest absolute Gasteiger partial charge is 0.335 e. The minimum atomic E-state index is 0.737. The molecule has 0 atom stereocenters. The van der Waals surface area contributed by atoms with Crippen LogP contribution in [-0.4, -0.2) is 45.3 Å². The van der Waals surface area contributed by atoms with Crippen molar-refractivity contribution in [2.45, 2.75) is 13.8 Å². The Morgan fingerprint density at radius 2 is 1.27 bits per heavy atom. The number of hydrogen-bond acceptors (Lipinski definition) is 2. The molecule has 0 N–H and O–H groups in total. The van der Waals surface area contributed by atoms with Crippen LogP contribution in [0.15, 0.2) is 0 Å². The first-order valence-electron chi connectivity index (χ1n) is 4.07. The van der Waals surface area contributed by atoms with Crippen LogP contribution in [0.25, 0.3) is 0 Å². The molecule has 3 heteroatoms. The van der Waals surface area contributed by atoms with Gasteiger partial charge in [-0.15, -0.1) is 0 Å². The first-order chi connectivity index (χ1) is 5.24. The average molecular weight is 162 g/mol. The molecule has 0 aromatic heterocycles. The SMILES string of the molecule is CC[N+](CC)(COC)COC. The zero-order valence-corrected chi connectivity index (χ0v) is 8.09. The average Bonchev–Trinajstić information content (AvgIpc) is 2.04. The van der Waals surface area contributed by atoms with Gasteiger partial charge in [-0.25, -0.2) is 0 Å². The van der Waals surface area contributed by atoms with E-state index in [1.165, 1.54) is 0 Å². The normalized spacial score (nSPS) is 12.0. The van der Waals surface area contributed by atoms with Crippen LogP contribution in [0.4, 0.5) is 0 Å². The topological polar surface area (TPSA) is 18.5 Å². The van der Waals surface area contributed by atoms with Crippen LogP contribution in [0.5, 0.6) is 0 Å². The Morgan fingerprint density at radius 1 is 0.909 bits per heavy atom. The fourth-order valence-electron chi connectivity index (χ4n) is 1.17. The van der Waals surface area contributed by atoms with Gasteiger partial charge in [0, 0.05) is 14.2 Å². The maximum absolute atomic E-state index is 5.13. The first-order valence-corrected chi connectivity index (χ1v) is 4.07. The quantitative estimate of drug-likeness (QED) is 0.429. The molecule has 68 valence electrons. The molecule has 0 radical (unpaired) electrons. The number of nitrogens with zero attached hydrogens (tertiary/aromatic N) is 1. The van der Waals surface area contributed by atoms with Crippen molar-refractivity contribution in [3.8, 4) is 0 Å². The lowest BCUT2D eigenvalue weighted by molar-refractivity contribution is -0.958. The molecule has 0 rings (SSSR count). The van der Waals surface area contributed by atoms with Gasteiger partial charge < -0.3 is 9.47 Å². The highest BCUT2D eigenvalue weighted by Gasteiger charge is 2.21. The number of methoxy groups -OCH3 is 2. The maximum Gasteiger partial charge on any atom is 0.184 e. The van der Waals surface area contributed by atoms with Crippen LogP contribution in [0.1, 0.15) is 13.8 Å². The summed E-state index contributed by atoms with van der Waals surface area (Å²) >= 11 is 0. The van der Waals surface area contributed by atoms with Crippen LogP contribution in [-0.2, 0) is 9.47 Å². The van der Waals surface area contributed by atoms with Crippen LogP contribution in [0, 0.1) is 0 Å². The predicted molar refractivity (Wildman–Crippen MR) is 45.1 cm³/mol. The maximum atomic E-state index is 5.13. The third kappa shape index (κ3) is 3.18. The van der Waals surface area contributed by atoms with Crippen molar-refractivity contribution in [1.29, 1.82) is 0 Å². The zero-order valence-electron chi connectivity index (χ0n) is 8.09. The Balaban J connectivity index is 3.96.